The number of methoxy groups -OCH3 is 1. The Labute approximate surface area is 603 Å². The number of nitrogens with zero attached hydrogens (tertiary/aromatic N) is 18. The van der Waals surface area contributed by atoms with Gasteiger partial charge in [-0.2, -0.15) is 20.4 Å². The predicted molar refractivity (Wildman–Crippen MR) is 399 cm³/mol. The molecule has 4 aliphatic heterocycles. The molecule has 12 aromatic heterocycles. The predicted octanol–water partition coefficient (Wildman–Crippen LogP) is 9.43. The van der Waals surface area contributed by atoms with Gasteiger partial charge in [0, 0.05) is 134 Å². The Morgan fingerprint density at radius 1 is 0.466 bits per heavy atom. The number of aromatic nitrogens is 14. The maximum Gasteiger partial charge on any atom is 0.217 e. The quantitative estimate of drug-likeness (QED) is 0.0835. The van der Waals surface area contributed by atoms with E-state index in [2.05, 4.69) is 96.7 Å². The number of pyridine rings is 1. The molecule has 103 heavy (non-hydrogen) atoms. The summed E-state index contributed by atoms with van der Waals surface area (Å²) in [6.45, 7) is 28.9. The summed E-state index contributed by atoms with van der Waals surface area (Å²) in [5.74, 6) is 1.39. The number of furan rings is 1. The van der Waals surface area contributed by atoms with Crippen LogP contribution < -0.4 is 45.6 Å². The number of anilines is 4. The van der Waals surface area contributed by atoms with Crippen LogP contribution in [0.15, 0.2) is 94.5 Å². The lowest BCUT2D eigenvalue weighted by molar-refractivity contribution is -0.120. The fourth-order valence-corrected chi connectivity index (χ4v) is 15.9. The number of carbonyl (C=O) groups is 4. The fourth-order valence-electron chi connectivity index (χ4n) is 14.3. The SMILES string of the molecule is CC(=O)N[C@@H]1CCN(c2cc(C)nn3c(-c4ccco4)c(C)nc23)C1.CC(=O)N[C@@H]1CCN(c2cc(C)nn3c(-c4cccs4)c(C)nc23)C1.CC(=O)N[C@@H]1CCN(c2cc(C)nn3c(-c4nccs4)c(C)nc23)C1.COc1ccc(-c2c(C)nc3c(N4CC[C@@H](NC(C)=O)C4)cc(C)nn23)cn1. The van der Waals surface area contributed by atoms with Crippen LogP contribution in [-0.4, -0.2) is 176 Å². The minimum atomic E-state index is 0.00820. The lowest BCUT2D eigenvalue weighted by atomic mass is 10.2. The van der Waals surface area contributed by atoms with E-state index in [0.29, 0.717) is 5.88 Å². The molecule has 12 aromatic rings. The van der Waals surface area contributed by atoms with Crippen molar-refractivity contribution in [1.82, 2.24) is 89.6 Å². The third-order valence-electron chi connectivity index (χ3n) is 18.6. The Morgan fingerprint density at radius 2 is 0.864 bits per heavy atom. The van der Waals surface area contributed by atoms with Gasteiger partial charge in [-0.1, -0.05) is 6.07 Å². The minimum absolute atomic E-state index is 0.00820. The van der Waals surface area contributed by atoms with E-state index in [1.807, 2.05) is 109 Å². The molecule has 4 fully saturated rings. The van der Waals surface area contributed by atoms with E-state index in [0.717, 1.165) is 208 Å². The average Bonchev–Trinajstić information content (AvgIpc) is 1.61. The molecule has 4 atom stereocenters. The Bertz CT molecular complexity index is 4720. The molecule has 16 heterocycles. The van der Waals surface area contributed by atoms with Crippen molar-refractivity contribution in [2.45, 2.75) is 133 Å². The van der Waals surface area contributed by atoms with Crippen LogP contribution in [0.4, 0.5) is 22.7 Å². The van der Waals surface area contributed by atoms with E-state index >= 15 is 0 Å². The van der Waals surface area contributed by atoms with Gasteiger partial charge in [0.2, 0.25) is 29.5 Å². The van der Waals surface area contributed by atoms with Crippen LogP contribution in [-0.2, 0) is 19.2 Å². The molecule has 4 amide bonds. The van der Waals surface area contributed by atoms with E-state index < -0.39 is 0 Å². The molecule has 536 valence electrons. The summed E-state index contributed by atoms with van der Waals surface area (Å²) in [5, 5.41) is 35.8. The standard InChI is InChI=1S/C20H24N6O2.C18H21N5O2.C18H21N5OS.C17H20N6OS/c1-12-9-17(25-8-7-16(11-25)23-14(3)27)20-22-13(2)19(26(20)24-12)15-5-6-18(28-4)21-10-15;2*1-11-9-15(22-7-6-14(10-22)20-13(3)24)18-19-12(2)17(23(18)21-11)16-5-4-8-25-16;1-10-8-14(22-6-4-13(9-22)20-12(3)24)16-19-11(2)15(23(16)21-10)17-18-5-7-25-17/h5-6,9-10,16H,7-8,11H2,1-4H3,(H,23,27);2*4-5,8-9,14H,6-7,10H2,1-3H3,(H,20,24);5,7-8,13H,4,6,9H2,1-3H3,(H,20,24)/t16-;2*14-;13-/m1111/s1. The number of fused-ring (bicyclic) bond motifs is 4. The molecule has 0 unspecified atom stereocenters. The lowest BCUT2D eigenvalue weighted by Gasteiger charge is -2.20. The van der Waals surface area contributed by atoms with E-state index in [9.17, 15) is 19.2 Å². The van der Waals surface area contributed by atoms with Crippen LogP contribution in [0.3, 0.4) is 0 Å². The molecule has 4 N–H and O–H groups in total. The van der Waals surface area contributed by atoms with Crippen molar-refractivity contribution in [3.05, 3.63) is 136 Å². The zero-order valence-electron chi connectivity index (χ0n) is 60.3. The number of thiophene rings is 1. The molecule has 0 aromatic carbocycles. The summed E-state index contributed by atoms with van der Waals surface area (Å²) in [7, 11) is 1.60. The number of imidazole rings is 4. The largest absolute Gasteiger partial charge is 0.481 e. The van der Waals surface area contributed by atoms with E-state index in [1.165, 1.54) is 4.88 Å². The minimum Gasteiger partial charge on any atom is -0.481 e. The van der Waals surface area contributed by atoms with Crippen molar-refractivity contribution in [3.63, 3.8) is 0 Å². The summed E-state index contributed by atoms with van der Waals surface area (Å²) in [6.07, 6.45) is 8.97. The average molecular weight is 1430 g/mol. The summed E-state index contributed by atoms with van der Waals surface area (Å²) in [4.78, 5) is 83.6. The summed E-state index contributed by atoms with van der Waals surface area (Å²) < 4.78 is 18.4. The topological polar surface area (TPSA) is 298 Å². The summed E-state index contributed by atoms with van der Waals surface area (Å²) in [6, 6.07) is 20.7. The van der Waals surface area contributed by atoms with Gasteiger partial charge in [0.15, 0.2) is 28.3 Å². The Balaban J connectivity index is 0.000000122. The number of hydrogen-bond acceptors (Lipinski definition) is 22. The number of nitrogens with one attached hydrogen (secondary N) is 4. The highest BCUT2D eigenvalue weighted by molar-refractivity contribution is 7.13. The maximum absolute atomic E-state index is 11.4. The molecule has 0 aliphatic carbocycles. The molecule has 30 heteroatoms. The fraction of sp³-hybridized carbons (Fsp3) is 0.397. The van der Waals surface area contributed by atoms with Crippen LogP contribution in [0.2, 0.25) is 0 Å². The van der Waals surface area contributed by atoms with Crippen LogP contribution in [0.5, 0.6) is 5.88 Å². The second-order valence-electron chi connectivity index (χ2n) is 26.7. The molecule has 4 aliphatic rings. The first kappa shape index (κ1) is 70.6. The van der Waals surface area contributed by atoms with Crippen molar-refractivity contribution in [2.24, 2.45) is 0 Å². The number of carbonyl (C=O) groups excluding carboxylic acids is 4. The van der Waals surface area contributed by atoms with Crippen molar-refractivity contribution in [1.29, 1.82) is 0 Å². The Morgan fingerprint density at radius 3 is 1.22 bits per heavy atom. The van der Waals surface area contributed by atoms with Gasteiger partial charge in [-0.25, -0.2) is 48.0 Å². The van der Waals surface area contributed by atoms with Gasteiger partial charge in [-0.3, -0.25) is 19.2 Å². The van der Waals surface area contributed by atoms with Gasteiger partial charge < -0.3 is 50.0 Å². The Hall–Kier alpha value is -10.9. The van der Waals surface area contributed by atoms with Gasteiger partial charge in [-0.05, 0) is 135 Å². The number of aryl methyl sites for hydroxylation is 8. The van der Waals surface area contributed by atoms with Crippen molar-refractivity contribution in [2.75, 3.05) is 79.1 Å². The highest BCUT2D eigenvalue weighted by atomic mass is 32.1. The lowest BCUT2D eigenvalue weighted by Crippen LogP contribution is -2.35. The summed E-state index contributed by atoms with van der Waals surface area (Å²) >= 11 is 3.29. The second-order valence-corrected chi connectivity index (χ2v) is 28.6. The molecule has 0 bridgehead atoms. The molecule has 16 rings (SSSR count). The monoisotopic (exact) mass is 1430 g/mol. The number of thiazole rings is 1. The molecule has 0 radical (unpaired) electrons. The second kappa shape index (κ2) is 30.0. The van der Waals surface area contributed by atoms with Crippen LogP contribution in [0.1, 0.15) is 98.9 Å². The van der Waals surface area contributed by atoms with Crippen LogP contribution >= 0.6 is 22.7 Å². The molecule has 4 saturated heterocycles. The van der Waals surface area contributed by atoms with Crippen molar-refractivity contribution >= 4 is 91.6 Å². The van der Waals surface area contributed by atoms with Crippen molar-refractivity contribution in [3.8, 4) is 49.9 Å². The molecular weight excluding hydrogens is 1350 g/mol. The van der Waals surface area contributed by atoms with E-state index in [-0.39, 0.29) is 47.8 Å². The molecular formula is C73H86N22O6S2. The maximum atomic E-state index is 11.4. The number of rotatable bonds is 13. The molecule has 0 saturated carbocycles. The first-order chi connectivity index (χ1) is 49.5. The van der Waals surface area contributed by atoms with Gasteiger partial charge >= 0.3 is 0 Å². The first-order valence-corrected chi connectivity index (χ1v) is 36.3. The number of hydrogen-bond donors (Lipinski definition) is 4. The third-order valence-corrected chi connectivity index (χ3v) is 20.2. The third kappa shape index (κ3) is 15.2. The zero-order valence-corrected chi connectivity index (χ0v) is 61.9. The van der Waals surface area contributed by atoms with Crippen molar-refractivity contribution < 1.29 is 28.3 Å². The normalized spacial score (nSPS) is 17.2. The molecule has 0 spiro atoms. The van der Waals surface area contributed by atoms with Gasteiger partial charge in [-0.15, -0.1) is 22.7 Å². The van der Waals surface area contributed by atoms with Gasteiger partial charge in [0.05, 0.1) is 92.2 Å². The highest BCUT2D eigenvalue weighted by Gasteiger charge is 2.32. The summed E-state index contributed by atoms with van der Waals surface area (Å²) in [5.41, 5.74) is 19.7. The van der Waals surface area contributed by atoms with Crippen LogP contribution in [0.25, 0.3) is 66.6 Å². The van der Waals surface area contributed by atoms with Gasteiger partial charge in [0.1, 0.15) is 22.1 Å². The van der Waals surface area contributed by atoms with Gasteiger partial charge in [0.25, 0.3) is 0 Å². The Kier molecular flexibility index (Phi) is 20.5. The van der Waals surface area contributed by atoms with E-state index in [1.54, 1.807) is 76.1 Å². The number of amides is 4. The highest BCUT2D eigenvalue weighted by Crippen LogP contribution is 2.37. The zero-order chi connectivity index (χ0) is 72.5. The van der Waals surface area contributed by atoms with E-state index in [4.69, 9.17) is 39.3 Å². The smallest absolute Gasteiger partial charge is 0.217 e. The first-order valence-electron chi connectivity index (χ1n) is 34.6. The molecule has 28 nitrogen and oxygen atoms in total. The number of ether oxygens (including phenoxy) is 1. The van der Waals surface area contributed by atoms with Crippen LogP contribution in [0, 0.1) is 55.4 Å².